The maximum Gasteiger partial charge on any atom is 0.231 e. The van der Waals surface area contributed by atoms with Crippen LogP contribution in [-0.2, 0) is 11.2 Å². The number of nitrogens with zero attached hydrogens (tertiary/aromatic N) is 2. The van der Waals surface area contributed by atoms with Crippen molar-refractivity contribution in [3.05, 3.63) is 41.5 Å². The second-order valence-electron chi connectivity index (χ2n) is 4.88. The van der Waals surface area contributed by atoms with Crippen LogP contribution in [0.15, 0.2) is 28.8 Å². The van der Waals surface area contributed by atoms with Gasteiger partial charge in [0.25, 0.3) is 0 Å². The standard InChI is InChI=1S/C14H17N3O2/c15-12-5-1-3-10(7-12)8-13-16-14(17-19-13)11-4-2-6-18-9-11/h1,3,5,7,11H,2,4,6,8-9,15H2. The fourth-order valence-electron chi connectivity index (χ4n) is 2.33. The van der Waals surface area contributed by atoms with Gasteiger partial charge in [0, 0.05) is 18.2 Å². The van der Waals surface area contributed by atoms with E-state index < -0.39 is 0 Å². The van der Waals surface area contributed by atoms with Gasteiger partial charge in [-0.05, 0) is 30.5 Å². The molecule has 1 saturated heterocycles. The molecule has 100 valence electrons. The maximum atomic E-state index is 5.75. The van der Waals surface area contributed by atoms with Crippen molar-refractivity contribution in [1.29, 1.82) is 0 Å². The summed E-state index contributed by atoms with van der Waals surface area (Å²) in [5, 5.41) is 4.06. The Hall–Kier alpha value is -1.88. The van der Waals surface area contributed by atoms with Gasteiger partial charge >= 0.3 is 0 Å². The molecule has 1 fully saturated rings. The highest BCUT2D eigenvalue weighted by atomic mass is 16.5. The van der Waals surface area contributed by atoms with Crippen molar-refractivity contribution in [3.8, 4) is 0 Å². The maximum absolute atomic E-state index is 5.75. The first kappa shape index (κ1) is 12.2. The van der Waals surface area contributed by atoms with E-state index >= 15 is 0 Å². The lowest BCUT2D eigenvalue weighted by molar-refractivity contribution is 0.0773. The molecule has 1 aromatic heterocycles. The summed E-state index contributed by atoms with van der Waals surface area (Å²) >= 11 is 0. The number of hydrogen-bond acceptors (Lipinski definition) is 5. The van der Waals surface area contributed by atoms with Gasteiger partial charge in [0.05, 0.1) is 13.0 Å². The van der Waals surface area contributed by atoms with Gasteiger partial charge in [-0.25, -0.2) is 0 Å². The van der Waals surface area contributed by atoms with E-state index in [-0.39, 0.29) is 5.92 Å². The third kappa shape index (κ3) is 2.93. The van der Waals surface area contributed by atoms with Crippen molar-refractivity contribution < 1.29 is 9.26 Å². The Labute approximate surface area is 111 Å². The fourth-order valence-corrected chi connectivity index (χ4v) is 2.33. The van der Waals surface area contributed by atoms with Crippen molar-refractivity contribution in [1.82, 2.24) is 10.1 Å². The van der Waals surface area contributed by atoms with E-state index in [4.69, 9.17) is 15.0 Å². The van der Waals surface area contributed by atoms with E-state index in [0.717, 1.165) is 36.5 Å². The quantitative estimate of drug-likeness (QED) is 0.855. The molecule has 2 N–H and O–H groups in total. The average molecular weight is 259 g/mol. The first-order valence-corrected chi connectivity index (χ1v) is 6.56. The Morgan fingerprint density at radius 3 is 3.11 bits per heavy atom. The smallest absolute Gasteiger partial charge is 0.231 e. The topological polar surface area (TPSA) is 74.2 Å². The van der Waals surface area contributed by atoms with E-state index in [9.17, 15) is 0 Å². The average Bonchev–Trinajstić information content (AvgIpc) is 2.88. The van der Waals surface area contributed by atoms with Gasteiger partial charge in [-0.15, -0.1) is 0 Å². The number of anilines is 1. The van der Waals surface area contributed by atoms with Gasteiger partial charge in [0.2, 0.25) is 5.89 Å². The third-order valence-electron chi connectivity index (χ3n) is 3.32. The molecule has 1 aliphatic heterocycles. The lowest BCUT2D eigenvalue weighted by Crippen LogP contribution is -2.16. The molecule has 1 unspecified atom stereocenters. The number of nitrogens with two attached hydrogens (primary N) is 1. The van der Waals surface area contributed by atoms with Crippen LogP contribution < -0.4 is 5.73 Å². The van der Waals surface area contributed by atoms with Gasteiger partial charge in [0.15, 0.2) is 5.82 Å². The molecule has 0 bridgehead atoms. The Bertz CT molecular complexity index is 547. The van der Waals surface area contributed by atoms with Crippen LogP contribution in [0.1, 0.15) is 36.0 Å². The zero-order valence-corrected chi connectivity index (χ0v) is 10.7. The largest absolute Gasteiger partial charge is 0.399 e. The highest BCUT2D eigenvalue weighted by Crippen LogP contribution is 2.23. The summed E-state index contributed by atoms with van der Waals surface area (Å²) in [6.45, 7) is 1.53. The molecular formula is C14H17N3O2. The molecule has 0 amide bonds. The summed E-state index contributed by atoms with van der Waals surface area (Å²) in [6, 6.07) is 7.72. The molecule has 1 aliphatic rings. The highest BCUT2D eigenvalue weighted by Gasteiger charge is 2.21. The number of benzene rings is 1. The highest BCUT2D eigenvalue weighted by molar-refractivity contribution is 5.41. The Morgan fingerprint density at radius 1 is 1.37 bits per heavy atom. The summed E-state index contributed by atoms with van der Waals surface area (Å²) in [7, 11) is 0. The van der Waals surface area contributed by atoms with Gasteiger partial charge < -0.3 is 15.0 Å². The van der Waals surface area contributed by atoms with Gasteiger partial charge in [-0.2, -0.15) is 4.98 Å². The summed E-state index contributed by atoms with van der Waals surface area (Å²) in [6.07, 6.45) is 2.74. The van der Waals surface area contributed by atoms with Crippen molar-refractivity contribution in [2.24, 2.45) is 0 Å². The Morgan fingerprint density at radius 2 is 2.32 bits per heavy atom. The van der Waals surface area contributed by atoms with Crippen LogP contribution in [0, 0.1) is 0 Å². The number of hydrogen-bond donors (Lipinski definition) is 1. The molecule has 5 nitrogen and oxygen atoms in total. The zero-order valence-electron chi connectivity index (χ0n) is 10.7. The molecule has 0 saturated carbocycles. The molecule has 0 spiro atoms. The van der Waals surface area contributed by atoms with Gasteiger partial charge in [-0.3, -0.25) is 0 Å². The normalized spacial score (nSPS) is 19.5. The fraction of sp³-hybridized carbons (Fsp3) is 0.429. The van der Waals surface area contributed by atoms with Crippen molar-refractivity contribution in [3.63, 3.8) is 0 Å². The number of ether oxygens (including phenoxy) is 1. The second kappa shape index (κ2) is 5.40. The minimum atomic E-state index is 0.270. The van der Waals surface area contributed by atoms with Crippen LogP contribution in [0.3, 0.4) is 0 Å². The number of rotatable bonds is 3. The molecule has 3 rings (SSSR count). The van der Waals surface area contributed by atoms with Gasteiger partial charge in [-0.1, -0.05) is 17.3 Å². The first-order valence-electron chi connectivity index (χ1n) is 6.56. The lowest BCUT2D eigenvalue weighted by atomic mass is 10.0. The lowest BCUT2D eigenvalue weighted by Gasteiger charge is -2.18. The molecular weight excluding hydrogens is 242 g/mol. The number of nitrogen functional groups attached to an aromatic ring is 1. The Balaban J connectivity index is 1.70. The van der Waals surface area contributed by atoms with E-state index in [1.165, 1.54) is 0 Å². The SMILES string of the molecule is Nc1cccc(Cc2nc(C3CCCOC3)no2)c1. The summed E-state index contributed by atoms with van der Waals surface area (Å²) in [4.78, 5) is 4.46. The van der Waals surface area contributed by atoms with Crippen molar-refractivity contribution in [2.45, 2.75) is 25.2 Å². The molecule has 0 radical (unpaired) electrons. The van der Waals surface area contributed by atoms with E-state index in [2.05, 4.69) is 10.1 Å². The number of aromatic nitrogens is 2. The van der Waals surface area contributed by atoms with E-state index in [0.29, 0.717) is 18.9 Å². The van der Waals surface area contributed by atoms with Crippen LogP contribution in [0.2, 0.25) is 0 Å². The Kier molecular flexibility index (Phi) is 3.46. The summed E-state index contributed by atoms with van der Waals surface area (Å²) in [5.74, 6) is 1.66. The molecule has 1 atom stereocenters. The third-order valence-corrected chi connectivity index (χ3v) is 3.32. The van der Waals surface area contributed by atoms with Crippen LogP contribution in [-0.4, -0.2) is 23.4 Å². The molecule has 1 aromatic carbocycles. The molecule has 2 heterocycles. The van der Waals surface area contributed by atoms with E-state index in [1.807, 2.05) is 24.3 Å². The van der Waals surface area contributed by atoms with Crippen LogP contribution in [0.4, 0.5) is 5.69 Å². The zero-order chi connectivity index (χ0) is 13.1. The summed E-state index contributed by atoms with van der Waals surface area (Å²) in [5.41, 5.74) is 7.58. The summed E-state index contributed by atoms with van der Waals surface area (Å²) < 4.78 is 10.7. The van der Waals surface area contributed by atoms with Crippen LogP contribution in [0.5, 0.6) is 0 Å². The van der Waals surface area contributed by atoms with E-state index in [1.54, 1.807) is 0 Å². The molecule has 5 heteroatoms. The minimum absolute atomic E-state index is 0.270. The van der Waals surface area contributed by atoms with Crippen LogP contribution in [0.25, 0.3) is 0 Å². The minimum Gasteiger partial charge on any atom is -0.399 e. The molecule has 2 aromatic rings. The monoisotopic (exact) mass is 259 g/mol. The predicted octanol–water partition coefficient (Wildman–Crippen LogP) is 2.14. The first-order chi connectivity index (χ1) is 9.31. The van der Waals surface area contributed by atoms with Crippen LogP contribution >= 0.6 is 0 Å². The van der Waals surface area contributed by atoms with Crippen molar-refractivity contribution >= 4 is 5.69 Å². The molecule has 0 aliphatic carbocycles. The predicted molar refractivity (Wildman–Crippen MR) is 70.8 cm³/mol. The van der Waals surface area contributed by atoms with Crippen molar-refractivity contribution in [2.75, 3.05) is 18.9 Å². The molecule has 19 heavy (non-hydrogen) atoms. The second-order valence-corrected chi connectivity index (χ2v) is 4.88. The van der Waals surface area contributed by atoms with Gasteiger partial charge in [0.1, 0.15) is 0 Å².